The largest absolute Gasteiger partial charge is 0.491 e. The molecule has 1 saturated heterocycles. The Morgan fingerprint density at radius 2 is 1.50 bits per heavy atom. The van der Waals surface area contributed by atoms with Gasteiger partial charge < -0.3 is 25.4 Å². The maximum absolute atomic E-state index is 10.2. The highest BCUT2D eigenvalue weighted by atomic mass is 16.5. The molecule has 0 aromatic heterocycles. The summed E-state index contributed by atoms with van der Waals surface area (Å²) < 4.78 is 5.86. The molecular formula is C27H39N3O6. The van der Waals surface area contributed by atoms with Crippen LogP contribution in [-0.2, 0) is 16.1 Å². The molecule has 1 fully saturated rings. The third-order valence-corrected chi connectivity index (χ3v) is 5.85. The average Bonchev–Trinajstić information content (AvgIpc) is 2.87. The molecular weight excluding hydrogens is 462 g/mol. The van der Waals surface area contributed by atoms with Gasteiger partial charge in [-0.1, -0.05) is 62.4 Å². The van der Waals surface area contributed by atoms with Crippen LogP contribution in [0.2, 0.25) is 0 Å². The van der Waals surface area contributed by atoms with Crippen molar-refractivity contribution in [2.45, 2.75) is 32.4 Å². The molecule has 1 aliphatic rings. The highest BCUT2D eigenvalue weighted by molar-refractivity contribution is 6.27. The molecule has 0 bridgehead atoms. The second-order valence-corrected chi connectivity index (χ2v) is 9.08. The van der Waals surface area contributed by atoms with Crippen molar-refractivity contribution in [2.75, 3.05) is 52.4 Å². The van der Waals surface area contributed by atoms with Gasteiger partial charge in [0.05, 0.1) is 0 Å². The Morgan fingerprint density at radius 3 is 2.11 bits per heavy atom. The molecule has 0 spiro atoms. The molecule has 2 aromatic rings. The first kappa shape index (κ1) is 29.3. The molecule has 3 rings (SSSR count). The van der Waals surface area contributed by atoms with E-state index < -0.39 is 18.0 Å². The molecule has 1 aliphatic heterocycles. The first-order valence-corrected chi connectivity index (χ1v) is 12.3. The maximum Gasteiger partial charge on any atom is 0.414 e. The topological polar surface area (TPSA) is 123 Å². The van der Waals surface area contributed by atoms with E-state index in [2.05, 4.69) is 65.4 Å². The van der Waals surface area contributed by atoms with Crippen LogP contribution in [0, 0.1) is 0 Å². The Bertz CT molecular complexity index is 905. The summed E-state index contributed by atoms with van der Waals surface area (Å²) in [5.74, 6) is -2.37. The molecule has 9 nitrogen and oxygen atoms in total. The van der Waals surface area contributed by atoms with E-state index in [0.717, 1.165) is 51.6 Å². The van der Waals surface area contributed by atoms with Crippen molar-refractivity contribution >= 4 is 11.9 Å². The van der Waals surface area contributed by atoms with Crippen molar-refractivity contribution in [1.82, 2.24) is 15.1 Å². The van der Waals surface area contributed by atoms with E-state index in [9.17, 15) is 5.11 Å². The zero-order chi connectivity index (χ0) is 26.3. The van der Waals surface area contributed by atoms with E-state index in [0.29, 0.717) is 19.1 Å². The standard InChI is InChI=1S/C25H37N3O2.C2H2O4/c1-21(2)24-10-6-7-11-25(24)30-20-23(29)18-26-12-13-27-14-16-28(17-15-27)19-22-8-4-3-5-9-22;3-1(4)2(5)6/h3-11,21,23,26,29H,12-20H2,1-2H3;(H,3,4)(H,5,6). The number of piperazine rings is 1. The number of carbonyl (C=O) groups is 2. The second-order valence-electron chi connectivity index (χ2n) is 9.08. The molecule has 2 aromatic carbocycles. The zero-order valence-electron chi connectivity index (χ0n) is 21.2. The molecule has 9 heteroatoms. The van der Waals surface area contributed by atoms with Gasteiger partial charge in [-0.05, 0) is 23.1 Å². The van der Waals surface area contributed by atoms with Gasteiger partial charge in [-0.2, -0.15) is 0 Å². The molecule has 4 N–H and O–H groups in total. The lowest BCUT2D eigenvalue weighted by Crippen LogP contribution is -2.48. The van der Waals surface area contributed by atoms with Crippen LogP contribution in [0.5, 0.6) is 5.75 Å². The number of rotatable bonds is 11. The molecule has 1 heterocycles. The molecule has 0 amide bonds. The third kappa shape index (κ3) is 11.2. The van der Waals surface area contributed by atoms with Gasteiger partial charge in [0.25, 0.3) is 0 Å². The van der Waals surface area contributed by atoms with Crippen LogP contribution in [0.15, 0.2) is 54.6 Å². The summed E-state index contributed by atoms with van der Waals surface area (Å²) in [7, 11) is 0. The van der Waals surface area contributed by atoms with Gasteiger partial charge in [-0.3, -0.25) is 9.80 Å². The van der Waals surface area contributed by atoms with Crippen molar-refractivity contribution in [3.63, 3.8) is 0 Å². The van der Waals surface area contributed by atoms with E-state index >= 15 is 0 Å². The van der Waals surface area contributed by atoms with Crippen LogP contribution in [-0.4, -0.2) is 95.6 Å². The van der Waals surface area contributed by atoms with E-state index in [1.807, 2.05) is 18.2 Å². The minimum Gasteiger partial charge on any atom is -0.491 e. The van der Waals surface area contributed by atoms with Crippen molar-refractivity contribution < 1.29 is 29.6 Å². The maximum atomic E-state index is 10.2. The van der Waals surface area contributed by atoms with Gasteiger partial charge >= 0.3 is 11.9 Å². The van der Waals surface area contributed by atoms with E-state index in [-0.39, 0.29) is 0 Å². The van der Waals surface area contributed by atoms with E-state index in [1.165, 1.54) is 11.1 Å². The summed E-state index contributed by atoms with van der Waals surface area (Å²) in [6.07, 6.45) is -0.507. The van der Waals surface area contributed by atoms with Gasteiger partial charge in [0.1, 0.15) is 18.5 Å². The predicted molar refractivity (Wildman–Crippen MR) is 138 cm³/mol. The molecule has 198 valence electrons. The summed E-state index contributed by atoms with van der Waals surface area (Å²) in [6.45, 7) is 12.6. The van der Waals surface area contributed by atoms with Gasteiger partial charge in [0.2, 0.25) is 0 Å². The Hall–Kier alpha value is -2.98. The van der Waals surface area contributed by atoms with Gasteiger partial charge in [-0.15, -0.1) is 0 Å². The third-order valence-electron chi connectivity index (χ3n) is 5.85. The number of ether oxygens (including phenoxy) is 1. The molecule has 0 aliphatic carbocycles. The number of aliphatic carboxylic acids is 2. The smallest absolute Gasteiger partial charge is 0.414 e. The number of aliphatic hydroxyl groups excluding tert-OH is 1. The summed E-state index contributed by atoms with van der Waals surface area (Å²) >= 11 is 0. The number of carboxylic acids is 2. The lowest BCUT2D eigenvalue weighted by Gasteiger charge is -2.34. The van der Waals surface area contributed by atoms with E-state index in [1.54, 1.807) is 0 Å². The Morgan fingerprint density at radius 1 is 0.917 bits per heavy atom. The van der Waals surface area contributed by atoms with Crippen LogP contribution < -0.4 is 10.1 Å². The summed E-state index contributed by atoms with van der Waals surface area (Å²) in [6, 6.07) is 18.8. The summed E-state index contributed by atoms with van der Waals surface area (Å²) in [5.41, 5.74) is 2.57. The number of benzene rings is 2. The highest BCUT2D eigenvalue weighted by Gasteiger charge is 2.16. The first-order valence-electron chi connectivity index (χ1n) is 12.3. The van der Waals surface area contributed by atoms with Crippen molar-refractivity contribution in [1.29, 1.82) is 0 Å². The van der Waals surface area contributed by atoms with E-state index in [4.69, 9.17) is 24.5 Å². The number of aliphatic hydroxyl groups is 1. The monoisotopic (exact) mass is 501 g/mol. The summed E-state index contributed by atoms with van der Waals surface area (Å²) in [4.78, 5) is 23.2. The van der Waals surface area contributed by atoms with Crippen LogP contribution in [0.4, 0.5) is 0 Å². The number of carboxylic acid groups (broad SMARTS) is 2. The van der Waals surface area contributed by atoms with Gasteiger partial charge in [-0.25, -0.2) is 9.59 Å². The molecule has 1 atom stereocenters. The summed E-state index contributed by atoms with van der Waals surface area (Å²) in [5, 5.41) is 28.4. The average molecular weight is 502 g/mol. The number of hydrogen-bond acceptors (Lipinski definition) is 7. The zero-order valence-corrected chi connectivity index (χ0v) is 21.2. The fourth-order valence-corrected chi connectivity index (χ4v) is 3.85. The Kier molecular flexibility index (Phi) is 12.9. The molecule has 36 heavy (non-hydrogen) atoms. The fraction of sp³-hybridized carbons (Fsp3) is 0.481. The van der Waals surface area contributed by atoms with Crippen molar-refractivity contribution in [2.24, 2.45) is 0 Å². The van der Waals surface area contributed by atoms with Crippen molar-refractivity contribution in [3.8, 4) is 5.75 Å². The predicted octanol–water partition coefficient (Wildman–Crippen LogP) is 2.11. The van der Waals surface area contributed by atoms with Gasteiger partial charge in [0, 0.05) is 52.4 Å². The second kappa shape index (κ2) is 15.9. The minimum absolute atomic E-state index is 0.314. The Labute approximate surface area is 213 Å². The SMILES string of the molecule is CC(C)c1ccccc1OCC(O)CNCCN1CCN(Cc2ccccc2)CC1.O=C(O)C(=O)O. The van der Waals surface area contributed by atoms with Gasteiger partial charge in [0.15, 0.2) is 0 Å². The number of nitrogens with zero attached hydrogens (tertiary/aromatic N) is 2. The number of para-hydroxylation sites is 1. The van der Waals surface area contributed by atoms with Crippen molar-refractivity contribution in [3.05, 3.63) is 65.7 Å². The van der Waals surface area contributed by atoms with Crippen LogP contribution in [0.3, 0.4) is 0 Å². The van der Waals surface area contributed by atoms with Crippen LogP contribution >= 0.6 is 0 Å². The number of nitrogens with one attached hydrogen (secondary N) is 1. The lowest BCUT2D eigenvalue weighted by atomic mass is 10.0. The minimum atomic E-state index is -1.82. The molecule has 0 radical (unpaired) electrons. The highest BCUT2D eigenvalue weighted by Crippen LogP contribution is 2.25. The fourth-order valence-electron chi connectivity index (χ4n) is 3.85. The molecule has 0 saturated carbocycles. The normalized spacial score (nSPS) is 15.1. The molecule has 1 unspecified atom stereocenters. The first-order chi connectivity index (χ1) is 17.3. The van der Waals surface area contributed by atoms with Crippen LogP contribution in [0.1, 0.15) is 30.9 Å². The Balaban J connectivity index is 0.000000678. The quantitative estimate of drug-likeness (QED) is 0.271. The number of hydrogen-bond donors (Lipinski definition) is 4. The lowest BCUT2D eigenvalue weighted by molar-refractivity contribution is -0.159. The van der Waals surface area contributed by atoms with Crippen LogP contribution in [0.25, 0.3) is 0 Å².